The van der Waals surface area contributed by atoms with E-state index in [0.29, 0.717) is 29.4 Å². The lowest BCUT2D eigenvalue weighted by Crippen LogP contribution is -2.25. The van der Waals surface area contributed by atoms with Crippen LogP contribution in [-0.2, 0) is 24.6 Å². The van der Waals surface area contributed by atoms with Gasteiger partial charge in [0.2, 0.25) is 0 Å². The number of amides is 1. The van der Waals surface area contributed by atoms with Gasteiger partial charge in [-0.2, -0.15) is 0 Å². The van der Waals surface area contributed by atoms with Gasteiger partial charge in [0, 0.05) is 29.4 Å². The summed E-state index contributed by atoms with van der Waals surface area (Å²) >= 11 is 16.5. The van der Waals surface area contributed by atoms with E-state index in [1.54, 1.807) is 36.4 Å². The van der Waals surface area contributed by atoms with Crippen LogP contribution in [0, 0.1) is 0 Å². The molecule has 4 aromatic rings. The number of hydrogen-bond donors (Lipinski definition) is 2. The molecule has 4 aromatic carbocycles. The second kappa shape index (κ2) is 19.0. The molecule has 1 amide bonds. The summed E-state index contributed by atoms with van der Waals surface area (Å²) in [6, 6.07) is 34.6. The summed E-state index contributed by atoms with van der Waals surface area (Å²) in [5.41, 5.74) is 11.1. The maximum absolute atomic E-state index is 11.9. The number of alkyl halides is 2. The van der Waals surface area contributed by atoms with Crippen LogP contribution >= 0.6 is 34.8 Å². The minimum Gasteiger partial charge on any atom is -0.352 e. The van der Waals surface area contributed by atoms with E-state index in [1.807, 2.05) is 48.5 Å². The molecule has 0 bridgehead atoms. The summed E-state index contributed by atoms with van der Waals surface area (Å²) in [6.07, 6.45) is 1.83. The average Bonchev–Trinajstić information content (AvgIpc) is 2.99. The van der Waals surface area contributed by atoms with Crippen molar-refractivity contribution in [3.8, 4) is 0 Å². The number of nitrogens with one attached hydrogen (secondary N) is 1. The molecule has 0 fully saturated rings. The van der Waals surface area contributed by atoms with Crippen molar-refractivity contribution >= 4 is 46.0 Å². The van der Waals surface area contributed by atoms with Gasteiger partial charge in [-0.1, -0.05) is 84.9 Å². The molecule has 4 nitrogen and oxygen atoms in total. The van der Waals surface area contributed by atoms with Crippen molar-refractivity contribution in [1.82, 2.24) is 5.32 Å². The maximum Gasteiger partial charge on any atom is 0.252 e. The van der Waals surface area contributed by atoms with Gasteiger partial charge in [0.1, 0.15) is 0 Å². The smallest absolute Gasteiger partial charge is 0.252 e. The molecule has 0 saturated heterocycles. The first-order chi connectivity index (χ1) is 19.0. The van der Waals surface area contributed by atoms with Gasteiger partial charge >= 0.3 is 0 Å². The average molecular weight is 584 g/mol. The summed E-state index contributed by atoms with van der Waals surface area (Å²) in [4.78, 5) is 22.5. The third-order valence-electron chi connectivity index (χ3n) is 5.52. The topological polar surface area (TPSA) is 72.2 Å². The highest BCUT2D eigenvalue weighted by Crippen LogP contribution is 2.09. The molecule has 0 atom stereocenters. The van der Waals surface area contributed by atoms with Crippen molar-refractivity contribution in [2.24, 2.45) is 5.73 Å². The van der Waals surface area contributed by atoms with Crippen LogP contribution in [0.5, 0.6) is 0 Å². The maximum atomic E-state index is 11.9. The van der Waals surface area contributed by atoms with E-state index in [0.717, 1.165) is 30.5 Å². The molecular weight excluding hydrogens is 551 g/mol. The number of rotatable bonds is 9. The van der Waals surface area contributed by atoms with Crippen molar-refractivity contribution in [1.29, 1.82) is 0 Å². The van der Waals surface area contributed by atoms with Gasteiger partial charge in [0.15, 0.2) is 0 Å². The summed E-state index contributed by atoms with van der Waals surface area (Å²) < 4.78 is 0. The molecule has 0 unspecified atom stereocenters. The molecule has 0 aliphatic rings. The van der Waals surface area contributed by atoms with Crippen molar-refractivity contribution < 1.29 is 9.59 Å². The van der Waals surface area contributed by atoms with E-state index in [9.17, 15) is 9.59 Å². The Bertz CT molecular complexity index is 1230. The Kier molecular flexibility index (Phi) is 15.6. The molecule has 0 saturated carbocycles. The SMILES string of the molecule is NCCc1ccccc1.O=C(Cl)c1ccc(CCl)cc1.O=C(NCCc1ccccc1)c1ccc(CCl)cc1. The lowest BCUT2D eigenvalue weighted by atomic mass is 10.1. The molecule has 0 aromatic heterocycles. The van der Waals surface area contributed by atoms with Crippen LogP contribution in [-0.4, -0.2) is 24.2 Å². The number of nitrogens with two attached hydrogens (primary N) is 1. The van der Waals surface area contributed by atoms with Crippen molar-refractivity contribution in [3.63, 3.8) is 0 Å². The van der Waals surface area contributed by atoms with Crippen LogP contribution in [0.15, 0.2) is 109 Å². The highest BCUT2D eigenvalue weighted by molar-refractivity contribution is 6.67. The van der Waals surface area contributed by atoms with Gasteiger partial charge in [-0.3, -0.25) is 9.59 Å². The van der Waals surface area contributed by atoms with Gasteiger partial charge in [-0.05, 0) is 77.5 Å². The molecule has 0 radical (unpaired) electrons. The molecule has 0 heterocycles. The molecule has 0 aliphatic heterocycles. The van der Waals surface area contributed by atoms with E-state index >= 15 is 0 Å². The van der Waals surface area contributed by atoms with Crippen LogP contribution in [0.1, 0.15) is 43.0 Å². The normalized spacial score (nSPS) is 9.85. The minimum atomic E-state index is -0.439. The largest absolute Gasteiger partial charge is 0.352 e. The highest BCUT2D eigenvalue weighted by atomic mass is 35.5. The first-order valence-corrected chi connectivity index (χ1v) is 14.0. The predicted octanol–water partition coefficient (Wildman–Crippen LogP) is 7.39. The summed E-state index contributed by atoms with van der Waals surface area (Å²) in [5, 5.41) is 2.47. The van der Waals surface area contributed by atoms with E-state index in [2.05, 4.69) is 29.6 Å². The van der Waals surface area contributed by atoms with Crippen LogP contribution < -0.4 is 11.1 Å². The van der Waals surface area contributed by atoms with E-state index < -0.39 is 5.24 Å². The second-order valence-electron chi connectivity index (χ2n) is 8.45. The first-order valence-electron chi connectivity index (χ1n) is 12.5. The Labute approximate surface area is 246 Å². The van der Waals surface area contributed by atoms with Crippen molar-refractivity contribution in [3.05, 3.63) is 143 Å². The zero-order chi connectivity index (χ0) is 28.3. The summed E-state index contributed by atoms with van der Waals surface area (Å²) in [5.74, 6) is 0.879. The first kappa shape index (κ1) is 32.1. The number of halogens is 3. The Morgan fingerprint density at radius 1 is 0.590 bits per heavy atom. The molecule has 7 heteroatoms. The van der Waals surface area contributed by atoms with Crippen molar-refractivity contribution in [2.45, 2.75) is 24.6 Å². The molecule has 3 N–H and O–H groups in total. The number of carbonyl (C=O) groups is 2. The molecular formula is C32H33Cl3N2O2. The van der Waals surface area contributed by atoms with Crippen LogP contribution in [0.4, 0.5) is 0 Å². The minimum absolute atomic E-state index is 0.0444. The van der Waals surface area contributed by atoms with Gasteiger partial charge in [-0.25, -0.2) is 0 Å². The van der Waals surface area contributed by atoms with E-state index in [4.69, 9.17) is 40.5 Å². The summed E-state index contributed by atoms with van der Waals surface area (Å²) in [6.45, 7) is 1.38. The second-order valence-corrected chi connectivity index (χ2v) is 9.33. The fourth-order valence-electron chi connectivity index (χ4n) is 3.35. The third-order valence-corrected chi connectivity index (χ3v) is 6.36. The zero-order valence-electron chi connectivity index (χ0n) is 21.7. The number of carbonyl (C=O) groups excluding carboxylic acids is 2. The Balaban J connectivity index is 0.000000226. The quantitative estimate of drug-likeness (QED) is 0.159. The van der Waals surface area contributed by atoms with Crippen LogP contribution in [0.25, 0.3) is 0 Å². The Hall–Kier alpha value is -3.15. The van der Waals surface area contributed by atoms with Gasteiger partial charge in [0.05, 0.1) is 0 Å². The fraction of sp³-hybridized carbons (Fsp3) is 0.188. The van der Waals surface area contributed by atoms with Gasteiger partial charge < -0.3 is 11.1 Å². The lowest BCUT2D eigenvalue weighted by Gasteiger charge is -2.06. The zero-order valence-corrected chi connectivity index (χ0v) is 23.9. The monoisotopic (exact) mass is 582 g/mol. The fourth-order valence-corrected chi connectivity index (χ4v) is 3.83. The van der Waals surface area contributed by atoms with Gasteiger partial charge in [0.25, 0.3) is 11.1 Å². The highest BCUT2D eigenvalue weighted by Gasteiger charge is 2.04. The molecule has 4 rings (SSSR count). The molecule has 0 spiro atoms. The Morgan fingerprint density at radius 3 is 1.44 bits per heavy atom. The van der Waals surface area contributed by atoms with E-state index in [1.165, 1.54) is 11.1 Å². The van der Waals surface area contributed by atoms with Crippen LogP contribution in [0.3, 0.4) is 0 Å². The van der Waals surface area contributed by atoms with Gasteiger partial charge in [-0.15, -0.1) is 23.2 Å². The Morgan fingerprint density at radius 2 is 1.03 bits per heavy atom. The van der Waals surface area contributed by atoms with Crippen LogP contribution in [0.2, 0.25) is 0 Å². The molecule has 39 heavy (non-hydrogen) atoms. The third kappa shape index (κ3) is 13.0. The number of hydrogen-bond acceptors (Lipinski definition) is 3. The predicted molar refractivity (Wildman–Crippen MR) is 164 cm³/mol. The number of benzene rings is 4. The van der Waals surface area contributed by atoms with Crippen molar-refractivity contribution in [2.75, 3.05) is 13.1 Å². The molecule has 0 aliphatic carbocycles. The lowest BCUT2D eigenvalue weighted by molar-refractivity contribution is 0.0953. The van der Waals surface area contributed by atoms with E-state index in [-0.39, 0.29) is 5.91 Å². The standard InChI is InChI=1S/C16H16ClNO.C8H6Cl2O.C8H11N/c17-12-14-6-8-15(9-7-14)16(19)18-11-10-13-4-2-1-3-5-13;9-5-6-1-3-7(4-2-6)8(10)11;9-7-6-8-4-2-1-3-5-8/h1-9H,10-12H2,(H,18,19);1-4H,5H2;1-5H,6-7,9H2. The summed E-state index contributed by atoms with van der Waals surface area (Å²) in [7, 11) is 0. The molecule has 204 valence electrons.